The third-order valence-electron chi connectivity index (χ3n) is 8.49. The minimum absolute atomic E-state index is 0.0843. The van der Waals surface area contributed by atoms with E-state index in [0.717, 1.165) is 16.0 Å². The van der Waals surface area contributed by atoms with Gasteiger partial charge in [0, 0.05) is 34.1 Å². The molecule has 1 aromatic heterocycles. The summed E-state index contributed by atoms with van der Waals surface area (Å²) < 4.78 is 34.1. The number of ether oxygens (including phenoxy) is 1. The molecule has 0 saturated carbocycles. The summed E-state index contributed by atoms with van der Waals surface area (Å²) in [5.41, 5.74) is 1.07. The summed E-state index contributed by atoms with van der Waals surface area (Å²) in [6.07, 6.45) is 0.00803. The van der Waals surface area contributed by atoms with Crippen LogP contribution in [0.25, 0.3) is 0 Å². The lowest BCUT2D eigenvalue weighted by atomic mass is 9.78. The molecule has 4 aromatic rings. The SMILES string of the molecule is COC(=O)N[C@H](C(=O)CC(C)(C)c1ccc(C(CO)N(CCC(C)C)S(=O)(=O)c2ccccc2)s1)C(c1ccccc1)c1ccccc1. The molecule has 256 valence electrons. The van der Waals surface area contributed by atoms with Crippen molar-refractivity contribution in [1.82, 2.24) is 9.62 Å². The zero-order valence-electron chi connectivity index (χ0n) is 28.2. The number of benzene rings is 3. The molecule has 1 amide bonds. The second-order valence-electron chi connectivity index (χ2n) is 13.0. The van der Waals surface area contributed by atoms with Crippen molar-refractivity contribution < 1.29 is 27.9 Å². The van der Waals surface area contributed by atoms with Crippen LogP contribution >= 0.6 is 11.3 Å². The maximum absolute atomic E-state index is 14.3. The van der Waals surface area contributed by atoms with Gasteiger partial charge in [0.05, 0.1) is 24.7 Å². The van der Waals surface area contributed by atoms with Gasteiger partial charge in [-0.25, -0.2) is 13.2 Å². The minimum atomic E-state index is -3.92. The highest BCUT2D eigenvalue weighted by Crippen LogP contribution is 2.40. The van der Waals surface area contributed by atoms with E-state index < -0.39 is 46.1 Å². The van der Waals surface area contributed by atoms with E-state index in [-0.39, 0.29) is 29.6 Å². The van der Waals surface area contributed by atoms with Crippen LogP contribution in [0.2, 0.25) is 0 Å². The molecule has 0 aliphatic carbocycles. The van der Waals surface area contributed by atoms with Gasteiger partial charge in [-0.1, -0.05) is 107 Å². The number of Topliss-reactive ketones (excluding diaryl/α,β-unsaturated/α-hetero) is 1. The van der Waals surface area contributed by atoms with Crippen LogP contribution in [0, 0.1) is 5.92 Å². The normalized spacial score (nSPS) is 13.4. The third kappa shape index (κ3) is 8.99. The van der Waals surface area contributed by atoms with Crippen molar-refractivity contribution in [1.29, 1.82) is 0 Å². The minimum Gasteiger partial charge on any atom is -0.453 e. The van der Waals surface area contributed by atoms with Gasteiger partial charge in [0.25, 0.3) is 0 Å². The standard InChI is InChI=1S/C38H46N2O6S2/c1-27(2)23-24-40(48(44,45)30-19-13-8-14-20-30)31(26-41)33-21-22-34(47-33)38(3,4)25-32(42)36(39-37(43)46-5)35(28-15-9-6-10-16-28)29-17-11-7-12-18-29/h6-22,27,31,35-36,41H,23-26H2,1-5H3,(H,39,43)/t31?,36-/m1/s1. The quantitative estimate of drug-likeness (QED) is 0.128. The first-order chi connectivity index (χ1) is 22.9. The van der Waals surface area contributed by atoms with Crippen molar-refractivity contribution in [3.05, 3.63) is 124 Å². The van der Waals surface area contributed by atoms with Crippen molar-refractivity contribution in [2.45, 2.75) is 68.8 Å². The van der Waals surface area contributed by atoms with E-state index in [1.807, 2.05) is 100 Å². The number of ketones is 1. The van der Waals surface area contributed by atoms with Crippen molar-refractivity contribution in [3.63, 3.8) is 0 Å². The Kier molecular flexibility index (Phi) is 12.7. The number of rotatable bonds is 16. The maximum Gasteiger partial charge on any atom is 0.407 e. The number of amides is 1. The molecule has 8 nitrogen and oxygen atoms in total. The molecule has 48 heavy (non-hydrogen) atoms. The Balaban J connectivity index is 1.67. The van der Waals surface area contributed by atoms with Gasteiger partial charge in [0.2, 0.25) is 10.0 Å². The first-order valence-electron chi connectivity index (χ1n) is 16.1. The number of carbonyl (C=O) groups is 2. The highest BCUT2D eigenvalue weighted by Gasteiger charge is 2.38. The maximum atomic E-state index is 14.3. The molecule has 0 spiro atoms. The Labute approximate surface area is 288 Å². The number of nitrogens with one attached hydrogen (secondary N) is 1. The number of nitrogens with zero attached hydrogens (tertiary/aromatic N) is 1. The number of aliphatic hydroxyl groups excluding tert-OH is 1. The van der Waals surface area contributed by atoms with Gasteiger partial charge in [-0.3, -0.25) is 4.79 Å². The average Bonchev–Trinajstić information content (AvgIpc) is 3.58. The fraction of sp³-hybridized carbons (Fsp3) is 0.368. The van der Waals surface area contributed by atoms with E-state index in [2.05, 4.69) is 5.32 Å². The summed E-state index contributed by atoms with van der Waals surface area (Å²) in [4.78, 5) is 28.7. The van der Waals surface area contributed by atoms with E-state index >= 15 is 0 Å². The molecule has 0 saturated heterocycles. The third-order valence-corrected chi connectivity index (χ3v) is 12.0. The van der Waals surface area contributed by atoms with Crippen LogP contribution in [0.1, 0.15) is 73.4 Å². The van der Waals surface area contributed by atoms with Crippen LogP contribution in [0.4, 0.5) is 4.79 Å². The highest BCUT2D eigenvalue weighted by molar-refractivity contribution is 7.89. The number of aliphatic hydroxyl groups is 1. The molecule has 0 aliphatic heterocycles. The van der Waals surface area contributed by atoms with Gasteiger partial charge < -0.3 is 15.2 Å². The Morgan fingerprint density at radius 3 is 1.92 bits per heavy atom. The molecule has 4 rings (SSSR count). The first-order valence-corrected chi connectivity index (χ1v) is 18.4. The second-order valence-corrected chi connectivity index (χ2v) is 16.0. The second kappa shape index (κ2) is 16.5. The molecule has 0 aliphatic rings. The number of hydrogen-bond donors (Lipinski definition) is 2. The van der Waals surface area contributed by atoms with Crippen LogP contribution in [0.15, 0.2) is 108 Å². The molecular weight excluding hydrogens is 645 g/mol. The fourth-order valence-corrected chi connectivity index (χ4v) is 8.75. The topological polar surface area (TPSA) is 113 Å². The Bertz CT molecular complexity index is 1690. The van der Waals surface area contributed by atoms with Gasteiger partial charge in [0.1, 0.15) is 6.04 Å². The average molecular weight is 691 g/mol. The molecule has 0 fully saturated rings. The monoisotopic (exact) mass is 690 g/mol. The Morgan fingerprint density at radius 2 is 1.42 bits per heavy atom. The molecule has 2 atom stereocenters. The molecular formula is C38H46N2O6S2. The smallest absolute Gasteiger partial charge is 0.407 e. The number of methoxy groups -OCH3 is 1. The summed E-state index contributed by atoms with van der Waals surface area (Å²) in [7, 11) is -2.64. The number of sulfonamides is 1. The summed E-state index contributed by atoms with van der Waals surface area (Å²) in [6.45, 7) is 7.84. The van der Waals surface area contributed by atoms with E-state index in [9.17, 15) is 23.1 Å². The Hall–Kier alpha value is -3.83. The van der Waals surface area contributed by atoms with Crippen LogP contribution in [-0.2, 0) is 25.0 Å². The number of alkyl carbamates (subject to hydrolysis) is 1. The fourth-order valence-electron chi connectivity index (χ4n) is 5.84. The highest BCUT2D eigenvalue weighted by atomic mass is 32.2. The first kappa shape index (κ1) is 37.0. The number of hydrogen-bond acceptors (Lipinski definition) is 7. The van der Waals surface area contributed by atoms with Crippen LogP contribution in [0.5, 0.6) is 0 Å². The largest absolute Gasteiger partial charge is 0.453 e. The van der Waals surface area contributed by atoms with Crippen molar-refractivity contribution in [2.24, 2.45) is 5.92 Å². The van der Waals surface area contributed by atoms with E-state index in [1.54, 1.807) is 30.3 Å². The molecule has 1 unspecified atom stereocenters. The molecule has 1 heterocycles. The lowest BCUT2D eigenvalue weighted by Gasteiger charge is -2.31. The van der Waals surface area contributed by atoms with Crippen molar-refractivity contribution in [2.75, 3.05) is 20.3 Å². The summed E-state index contributed by atoms with van der Waals surface area (Å²) in [5.74, 6) is -0.393. The van der Waals surface area contributed by atoms with Crippen LogP contribution < -0.4 is 5.32 Å². The van der Waals surface area contributed by atoms with Gasteiger partial charge in [-0.15, -0.1) is 11.3 Å². The van der Waals surface area contributed by atoms with E-state index in [0.29, 0.717) is 11.3 Å². The lowest BCUT2D eigenvalue weighted by molar-refractivity contribution is -0.122. The molecule has 10 heteroatoms. The van der Waals surface area contributed by atoms with Crippen LogP contribution in [0.3, 0.4) is 0 Å². The lowest BCUT2D eigenvalue weighted by Crippen LogP contribution is -2.46. The van der Waals surface area contributed by atoms with Gasteiger partial charge in [0.15, 0.2) is 5.78 Å². The van der Waals surface area contributed by atoms with Crippen molar-refractivity contribution >= 4 is 33.2 Å². The predicted molar refractivity (Wildman–Crippen MR) is 191 cm³/mol. The molecule has 0 bridgehead atoms. The van der Waals surface area contributed by atoms with Gasteiger partial charge in [-0.2, -0.15) is 4.31 Å². The van der Waals surface area contributed by atoms with E-state index in [1.165, 1.54) is 22.8 Å². The molecule has 0 radical (unpaired) electrons. The van der Waals surface area contributed by atoms with Crippen molar-refractivity contribution in [3.8, 4) is 0 Å². The zero-order chi connectivity index (χ0) is 34.9. The predicted octanol–water partition coefficient (Wildman–Crippen LogP) is 7.31. The summed E-state index contributed by atoms with van der Waals surface area (Å²) in [6, 6.07) is 29.5. The summed E-state index contributed by atoms with van der Waals surface area (Å²) in [5, 5.41) is 13.5. The Morgan fingerprint density at radius 1 is 0.875 bits per heavy atom. The number of thiophene rings is 1. The van der Waals surface area contributed by atoms with E-state index in [4.69, 9.17) is 4.74 Å². The van der Waals surface area contributed by atoms with Gasteiger partial charge in [-0.05, 0) is 47.7 Å². The molecule has 2 N–H and O–H groups in total. The molecule has 3 aromatic carbocycles. The van der Waals surface area contributed by atoms with Crippen LogP contribution in [-0.4, -0.2) is 56.0 Å². The zero-order valence-corrected chi connectivity index (χ0v) is 29.8. The van der Waals surface area contributed by atoms with Gasteiger partial charge >= 0.3 is 6.09 Å². The summed E-state index contributed by atoms with van der Waals surface area (Å²) >= 11 is 1.39. The number of carbonyl (C=O) groups excluding carboxylic acids is 2.